The van der Waals surface area contributed by atoms with Crippen LogP contribution in [0.2, 0.25) is 6.32 Å². The van der Waals surface area contributed by atoms with E-state index in [0.29, 0.717) is 12.7 Å². The van der Waals surface area contributed by atoms with Crippen LogP contribution in [0, 0.1) is 0 Å². The highest BCUT2D eigenvalue weighted by Gasteiger charge is 2.50. The predicted molar refractivity (Wildman–Crippen MR) is 83.6 cm³/mol. The van der Waals surface area contributed by atoms with E-state index >= 15 is 0 Å². The molecule has 0 saturated carbocycles. The quantitative estimate of drug-likeness (QED) is 0.547. The number of allylic oxidation sites excluding steroid dienone is 5. The third kappa shape index (κ3) is 4.46. The minimum atomic E-state index is -0.301. The monoisotopic (exact) mass is 276 g/mol. The van der Waals surface area contributed by atoms with Crippen LogP contribution in [0.3, 0.4) is 0 Å². The Hall–Kier alpha value is -1.13. The average Bonchev–Trinajstić information content (AvgIpc) is 2.46. The molecule has 3 nitrogen and oxygen atoms in total. The van der Waals surface area contributed by atoms with Crippen molar-refractivity contribution >= 4 is 12.9 Å². The molecule has 0 atom stereocenters. The molecule has 0 aromatic carbocycles. The second-order valence-electron chi connectivity index (χ2n) is 6.18. The average molecular weight is 276 g/mol. The highest BCUT2D eigenvalue weighted by Crippen LogP contribution is 2.37. The van der Waals surface area contributed by atoms with Crippen LogP contribution in [0.1, 0.15) is 41.0 Å². The Balaban J connectivity index is 2.59. The number of Topliss-reactive ketones (excluding diaryl/α,β-unsaturated/α-hetero) is 1. The lowest BCUT2D eigenvalue weighted by Gasteiger charge is -2.32. The fourth-order valence-electron chi connectivity index (χ4n) is 2.00. The standard InChI is InChI=1S/C16H25BO3/c1-7-9-14(12-13(2)18)10-8-11-17-19-15(3,4)16(5,6)20-17/h7-10H,1,11-12H2,2-6H3/b10-8-,14-9+. The summed E-state index contributed by atoms with van der Waals surface area (Å²) in [6.45, 7) is 13.4. The molecule has 0 radical (unpaired) electrons. The van der Waals surface area contributed by atoms with Gasteiger partial charge in [0, 0.05) is 12.7 Å². The Morgan fingerprint density at radius 1 is 1.20 bits per heavy atom. The summed E-state index contributed by atoms with van der Waals surface area (Å²) in [7, 11) is -0.237. The molecule has 0 amide bonds. The van der Waals surface area contributed by atoms with E-state index in [1.807, 2.05) is 45.9 Å². The number of rotatable bonds is 6. The van der Waals surface area contributed by atoms with E-state index in [1.54, 1.807) is 13.0 Å². The van der Waals surface area contributed by atoms with Crippen LogP contribution in [0.25, 0.3) is 0 Å². The Labute approximate surface area is 122 Å². The maximum Gasteiger partial charge on any atom is 0.461 e. The second kappa shape index (κ2) is 6.55. The molecule has 20 heavy (non-hydrogen) atoms. The van der Waals surface area contributed by atoms with Crippen LogP contribution in [-0.4, -0.2) is 24.1 Å². The highest BCUT2D eigenvalue weighted by atomic mass is 16.7. The zero-order chi connectivity index (χ0) is 15.4. The van der Waals surface area contributed by atoms with Crippen LogP contribution in [-0.2, 0) is 14.1 Å². The van der Waals surface area contributed by atoms with Gasteiger partial charge in [-0.25, -0.2) is 0 Å². The lowest BCUT2D eigenvalue weighted by Crippen LogP contribution is -2.41. The van der Waals surface area contributed by atoms with Gasteiger partial charge in [0.15, 0.2) is 0 Å². The number of ketones is 1. The van der Waals surface area contributed by atoms with Gasteiger partial charge in [0.1, 0.15) is 5.78 Å². The minimum absolute atomic E-state index is 0.137. The molecule has 1 saturated heterocycles. The Kier molecular flexibility index (Phi) is 5.54. The SMILES string of the molecule is C=C/C=C(\C=C/CB1OC(C)(C)C(C)(C)O1)CC(C)=O. The molecular weight excluding hydrogens is 251 g/mol. The molecule has 0 unspecified atom stereocenters. The van der Waals surface area contributed by atoms with Crippen LogP contribution >= 0.6 is 0 Å². The van der Waals surface area contributed by atoms with Crippen molar-refractivity contribution in [1.82, 2.24) is 0 Å². The zero-order valence-electron chi connectivity index (χ0n) is 13.2. The summed E-state index contributed by atoms with van der Waals surface area (Å²) in [5.41, 5.74) is 0.346. The van der Waals surface area contributed by atoms with Gasteiger partial charge in [0.2, 0.25) is 0 Å². The van der Waals surface area contributed by atoms with Crippen molar-refractivity contribution in [1.29, 1.82) is 0 Å². The first-order chi connectivity index (χ1) is 9.18. The summed E-state index contributed by atoms with van der Waals surface area (Å²) in [6, 6.07) is 0. The molecule has 0 aromatic heterocycles. The van der Waals surface area contributed by atoms with E-state index < -0.39 is 0 Å². The van der Waals surface area contributed by atoms with Gasteiger partial charge in [-0.3, -0.25) is 4.79 Å². The smallest absolute Gasteiger partial charge is 0.403 e. The minimum Gasteiger partial charge on any atom is -0.403 e. The summed E-state index contributed by atoms with van der Waals surface area (Å²) >= 11 is 0. The lowest BCUT2D eigenvalue weighted by atomic mass is 9.84. The Bertz CT molecular complexity index is 417. The molecule has 1 aliphatic heterocycles. The molecule has 1 rings (SSSR count). The van der Waals surface area contributed by atoms with Gasteiger partial charge >= 0.3 is 7.12 Å². The molecule has 1 aliphatic rings. The Morgan fingerprint density at radius 2 is 1.75 bits per heavy atom. The van der Waals surface area contributed by atoms with E-state index in [-0.39, 0.29) is 24.1 Å². The van der Waals surface area contributed by atoms with E-state index in [0.717, 1.165) is 5.57 Å². The molecule has 0 spiro atoms. The van der Waals surface area contributed by atoms with Gasteiger partial charge in [-0.05, 0) is 40.2 Å². The van der Waals surface area contributed by atoms with Crippen molar-refractivity contribution in [3.63, 3.8) is 0 Å². The molecule has 4 heteroatoms. The lowest BCUT2D eigenvalue weighted by molar-refractivity contribution is -0.116. The molecule has 0 aliphatic carbocycles. The molecular formula is C16H25BO3. The summed E-state index contributed by atoms with van der Waals surface area (Å²) in [5, 5.41) is 0. The van der Waals surface area contributed by atoms with Gasteiger partial charge in [-0.1, -0.05) is 30.9 Å². The number of hydrogen-bond acceptors (Lipinski definition) is 3. The first kappa shape index (κ1) is 16.9. The maximum atomic E-state index is 11.2. The fourth-order valence-corrected chi connectivity index (χ4v) is 2.00. The Morgan fingerprint density at radius 3 is 2.20 bits per heavy atom. The van der Waals surface area contributed by atoms with Crippen LogP contribution in [0.4, 0.5) is 0 Å². The molecule has 0 N–H and O–H groups in total. The van der Waals surface area contributed by atoms with Crippen LogP contribution in [0.15, 0.2) is 36.5 Å². The number of hydrogen-bond donors (Lipinski definition) is 0. The molecule has 0 bridgehead atoms. The van der Waals surface area contributed by atoms with Gasteiger partial charge in [0.05, 0.1) is 11.2 Å². The third-order valence-electron chi connectivity index (χ3n) is 3.75. The number of carbonyl (C=O) groups is 1. The van der Waals surface area contributed by atoms with Gasteiger partial charge < -0.3 is 9.31 Å². The topological polar surface area (TPSA) is 35.5 Å². The first-order valence-electron chi connectivity index (χ1n) is 7.01. The highest BCUT2D eigenvalue weighted by molar-refractivity contribution is 6.46. The second-order valence-corrected chi connectivity index (χ2v) is 6.18. The van der Waals surface area contributed by atoms with E-state index in [4.69, 9.17) is 9.31 Å². The van der Waals surface area contributed by atoms with Crippen LogP contribution < -0.4 is 0 Å². The maximum absolute atomic E-state index is 11.2. The molecule has 1 fully saturated rings. The summed E-state index contributed by atoms with van der Waals surface area (Å²) in [4.78, 5) is 11.2. The first-order valence-corrected chi connectivity index (χ1v) is 7.01. The van der Waals surface area contributed by atoms with Crippen molar-refractivity contribution in [2.75, 3.05) is 0 Å². The van der Waals surface area contributed by atoms with Crippen molar-refractivity contribution < 1.29 is 14.1 Å². The van der Waals surface area contributed by atoms with Crippen molar-refractivity contribution in [3.8, 4) is 0 Å². The predicted octanol–water partition coefficient (Wildman–Crippen LogP) is 3.73. The van der Waals surface area contributed by atoms with Crippen LogP contribution in [0.5, 0.6) is 0 Å². The molecule has 110 valence electrons. The van der Waals surface area contributed by atoms with Gasteiger partial charge in [-0.2, -0.15) is 0 Å². The summed E-state index contributed by atoms with van der Waals surface area (Å²) in [5.74, 6) is 0.137. The summed E-state index contributed by atoms with van der Waals surface area (Å²) in [6.07, 6.45) is 8.55. The van der Waals surface area contributed by atoms with E-state index in [1.165, 1.54) is 0 Å². The van der Waals surface area contributed by atoms with Gasteiger partial charge in [0.25, 0.3) is 0 Å². The fraction of sp³-hybridized carbons (Fsp3) is 0.562. The van der Waals surface area contributed by atoms with Crippen molar-refractivity contribution in [2.24, 2.45) is 0 Å². The number of carbonyl (C=O) groups excluding carboxylic acids is 1. The molecule has 1 heterocycles. The normalized spacial score (nSPS) is 21.4. The largest absolute Gasteiger partial charge is 0.461 e. The molecule has 0 aromatic rings. The van der Waals surface area contributed by atoms with E-state index in [9.17, 15) is 4.79 Å². The summed E-state index contributed by atoms with van der Waals surface area (Å²) < 4.78 is 11.8. The van der Waals surface area contributed by atoms with Gasteiger partial charge in [-0.15, -0.1) is 0 Å². The van der Waals surface area contributed by atoms with Crippen molar-refractivity contribution in [2.45, 2.75) is 58.6 Å². The zero-order valence-corrected chi connectivity index (χ0v) is 13.2. The third-order valence-corrected chi connectivity index (χ3v) is 3.75. The van der Waals surface area contributed by atoms with Crippen molar-refractivity contribution in [3.05, 3.63) is 36.5 Å². The van der Waals surface area contributed by atoms with E-state index in [2.05, 4.69) is 6.58 Å².